The van der Waals surface area contributed by atoms with Gasteiger partial charge in [-0.15, -0.1) is 0 Å². The van der Waals surface area contributed by atoms with Gasteiger partial charge in [0.15, 0.2) is 0 Å². The van der Waals surface area contributed by atoms with E-state index in [0.29, 0.717) is 11.1 Å². The lowest BCUT2D eigenvalue weighted by atomic mass is 9.98. The van der Waals surface area contributed by atoms with Gasteiger partial charge >= 0.3 is 0 Å². The van der Waals surface area contributed by atoms with Crippen molar-refractivity contribution < 1.29 is 9.18 Å². The van der Waals surface area contributed by atoms with E-state index in [1.165, 1.54) is 6.92 Å². The molecule has 0 aromatic heterocycles. The maximum atomic E-state index is 13.7. The second-order valence-corrected chi connectivity index (χ2v) is 3.57. The molecular weight excluding hydrogens is 179 g/mol. The van der Waals surface area contributed by atoms with Crippen molar-refractivity contribution in [2.75, 3.05) is 0 Å². The van der Waals surface area contributed by atoms with E-state index in [-0.39, 0.29) is 18.0 Å². The Kier molecular flexibility index (Phi) is 3.39. The Labute approximate surface area is 83.9 Å². The monoisotopic (exact) mass is 194 g/mol. The van der Waals surface area contributed by atoms with Gasteiger partial charge in [0.1, 0.15) is 11.6 Å². The van der Waals surface area contributed by atoms with E-state index in [9.17, 15) is 9.18 Å². The minimum atomic E-state index is -0.223. The molecule has 0 N–H and O–H groups in total. The molecule has 0 fully saturated rings. The summed E-state index contributed by atoms with van der Waals surface area (Å²) in [4.78, 5) is 11.0. The summed E-state index contributed by atoms with van der Waals surface area (Å²) in [5.74, 6) is -0.219. The van der Waals surface area contributed by atoms with Gasteiger partial charge < -0.3 is 0 Å². The average Bonchev–Trinajstić information content (AvgIpc) is 2.13. The maximum Gasteiger partial charge on any atom is 0.134 e. The van der Waals surface area contributed by atoms with Gasteiger partial charge in [-0.05, 0) is 37.0 Å². The molecule has 0 heterocycles. The van der Waals surface area contributed by atoms with Crippen LogP contribution in [0.1, 0.15) is 30.5 Å². The number of carbonyl (C=O) groups excluding carboxylic acids is 1. The molecule has 0 bridgehead atoms. The number of hydrogen-bond acceptors (Lipinski definition) is 1. The van der Waals surface area contributed by atoms with Crippen LogP contribution in [0.15, 0.2) is 12.1 Å². The summed E-state index contributed by atoms with van der Waals surface area (Å²) in [6.45, 7) is 5.17. The lowest BCUT2D eigenvalue weighted by Gasteiger charge is -2.09. The molecule has 0 amide bonds. The molecule has 0 aliphatic carbocycles. The van der Waals surface area contributed by atoms with Gasteiger partial charge in [-0.1, -0.05) is 19.1 Å². The quantitative estimate of drug-likeness (QED) is 0.723. The van der Waals surface area contributed by atoms with Gasteiger partial charge in [-0.2, -0.15) is 0 Å². The normalized spacial score (nSPS) is 10.3. The number of ketones is 1. The number of hydrogen-bond donors (Lipinski definition) is 0. The highest BCUT2D eigenvalue weighted by Gasteiger charge is 2.11. The minimum absolute atomic E-state index is 0.00389. The zero-order valence-corrected chi connectivity index (χ0v) is 8.86. The van der Waals surface area contributed by atoms with Gasteiger partial charge in [0, 0.05) is 6.42 Å². The second kappa shape index (κ2) is 4.36. The molecule has 1 rings (SSSR count). The van der Waals surface area contributed by atoms with Crippen molar-refractivity contribution in [1.82, 2.24) is 0 Å². The topological polar surface area (TPSA) is 17.1 Å². The Hall–Kier alpha value is -1.18. The van der Waals surface area contributed by atoms with Crippen LogP contribution >= 0.6 is 0 Å². The number of rotatable bonds is 3. The van der Waals surface area contributed by atoms with Crippen LogP contribution < -0.4 is 0 Å². The zero-order valence-electron chi connectivity index (χ0n) is 8.86. The number of carbonyl (C=O) groups is 1. The lowest BCUT2D eigenvalue weighted by molar-refractivity contribution is -0.116. The van der Waals surface area contributed by atoms with Gasteiger partial charge in [-0.3, -0.25) is 4.79 Å². The fourth-order valence-electron chi connectivity index (χ4n) is 1.55. The maximum absolute atomic E-state index is 13.7. The summed E-state index contributed by atoms with van der Waals surface area (Å²) in [5, 5.41) is 0. The van der Waals surface area contributed by atoms with E-state index < -0.39 is 0 Å². The first-order valence-electron chi connectivity index (χ1n) is 4.82. The number of Topliss-reactive ketones (excluding diaryl/α,β-unsaturated/α-hetero) is 1. The fraction of sp³-hybridized carbons (Fsp3) is 0.417. The van der Waals surface area contributed by atoms with Crippen LogP contribution in [0.2, 0.25) is 0 Å². The van der Waals surface area contributed by atoms with E-state index in [4.69, 9.17) is 0 Å². The van der Waals surface area contributed by atoms with Crippen molar-refractivity contribution in [3.8, 4) is 0 Å². The molecule has 0 spiro atoms. The molecule has 2 heteroatoms. The van der Waals surface area contributed by atoms with Crippen molar-refractivity contribution in [3.05, 3.63) is 34.6 Å². The first kappa shape index (κ1) is 10.9. The van der Waals surface area contributed by atoms with Gasteiger partial charge in [0.2, 0.25) is 0 Å². The molecule has 0 aliphatic heterocycles. The van der Waals surface area contributed by atoms with Crippen LogP contribution in [0.25, 0.3) is 0 Å². The van der Waals surface area contributed by atoms with Gasteiger partial charge in [0.25, 0.3) is 0 Å². The summed E-state index contributed by atoms with van der Waals surface area (Å²) in [6.07, 6.45) is 0.969. The van der Waals surface area contributed by atoms with Crippen molar-refractivity contribution >= 4 is 5.78 Å². The summed E-state index contributed by atoms with van der Waals surface area (Å²) in [5.41, 5.74) is 2.11. The Morgan fingerprint density at radius 3 is 2.57 bits per heavy atom. The third kappa shape index (κ3) is 2.19. The number of halogens is 1. The van der Waals surface area contributed by atoms with Crippen molar-refractivity contribution in [3.63, 3.8) is 0 Å². The fourth-order valence-corrected chi connectivity index (χ4v) is 1.55. The van der Waals surface area contributed by atoms with Crippen molar-refractivity contribution in [2.24, 2.45) is 0 Å². The van der Waals surface area contributed by atoms with Crippen LogP contribution in [0.5, 0.6) is 0 Å². The smallest absolute Gasteiger partial charge is 0.134 e. The SMILES string of the molecule is CCc1ccc(C)c(F)c1CC(C)=O. The first-order chi connectivity index (χ1) is 6.56. The molecule has 14 heavy (non-hydrogen) atoms. The van der Waals surface area contributed by atoms with E-state index in [1.807, 2.05) is 13.0 Å². The Bertz CT molecular complexity index is 356. The molecule has 0 aliphatic rings. The standard InChI is InChI=1S/C12H15FO/c1-4-10-6-5-8(2)12(13)11(10)7-9(3)14/h5-6H,4,7H2,1-3H3. The highest BCUT2D eigenvalue weighted by molar-refractivity contribution is 5.78. The summed E-state index contributed by atoms with van der Waals surface area (Å²) in [6, 6.07) is 3.66. The van der Waals surface area contributed by atoms with Crippen LogP contribution in [0, 0.1) is 12.7 Å². The largest absolute Gasteiger partial charge is 0.300 e. The Morgan fingerprint density at radius 1 is 1.43 bits per heavy atom. The van der Waals surface area contributed by atoms with Crippen LogP contribution in [-0.2, 0) is 17.6 Å². The summed E-state index contributed by atoms with van der Waals surface area (Å²) in [7, 11) is 0. The van der Waals surface area contributed by atoms with Crippen LogP contribution in [-0.4, -0.2) is 5.78 Å². The third-order valence-electron chi connectivity index (χ3n) is 2.34. The van der Waals surface area contributed by atoms with E-state index in [0.717, 1.165) is 12.0 Å². The molecule has 0 unspecified atom stereocenters. The molecule has 0 saturated heterocycles. The van der Waals surface area contributed by atoms with E-state index in [1.54, 1.807) is 13.0 Å². The third-order valence-corrected chi connectivity index (χ3v) is 2.34. The predicted octanol–water partition coefficient (Wildman–Crippen LogP) is 2.83. The van der Waals surface area contributed by atoms with Gasteiger partial charge in [-0.25, -0.2) is 4.39 Å². The molecular formula is C12H15FO. The zero-order chi connectivity index (χ0) is 10.7. The van der Waals surface area contributed by atoms with E-state index >= 15 is 0 Å². The average molecular weight is 194 g/mol. The summed E-state index contributed by atoms with van der Waals surface area (Å²) < 4.78 is 13.7. The van der Waals surface area contributed by atoms with Crippen LogP contribution in [0.3, 0.4) is 0 Å². The lowest BCUT2D eigenvalue weighted by Crippen LogP contribution is -2.05. The van der Waals surface area contributed by atoms with Crippen molar-refractivity contribution in [1.29, 1.82) is 0 Å². The highest BCUT2D eigenvalue weighted by Crippen LogP contribution is 2.18. The molecule has 1 aromatic rings. The minimum Gasteiger partial charge on any atom is -0.300 e. The van der Waals surface area contributed by atoms with Crippen LogP contribution in [0.4, 0.5) is 4.39 Å². The van der Waals surface area contributed by atoms with Crippen molar-refractivity contribution in [2.45, 2.75) is 33.6 Å². The molecule has 1 aromatic carbocycles. The Balaban J connectivity index is 3.20. The predicted molar refractivity (Wildman–Crippen MR) is 54.9 cm³/mol. The summed E-state index contributed by atoms with van der Waals surface area (Å²) >= 11 is 0. The van der Waals surface area contributed by atoms with E-state index in [2.05, 4.69) is 0 Å². The molecule has 0 atom stereocenters. The molecule has 76 valence electrons. The first-order valence-corrected chi connectivity index (χ1v) is 4.82. The molecule has 0 radical (unpaired) electrons. The molecule has 0 saturated carbocycles. The Morgan fingerprint density at radius 2 is 2.07 bits per heavy atom. The van der Waals surface area contributed by atoms with Gasteiger partial charge in [0.05, 0.1) is 0 Å². The highest BCUT2D eigenvalue weighted by atomic mass is 19.1. The second-order valence-electron chi connectivity index (χ2n) is 3.57. The number of benzene rings is 1. The number of aryl methyl sites for hydroxylation is 2. The molecule has 1 nitrogen and oxygen atoms in total.